The van der Waals surface area contributed by atoms with Crippen LogP contribution in [-0.4, -0.2) is 24.2 Å². The molecule has 1 unspecified atom stereocenters. The molecule has 3 nitrogen and oxygen atoms in total. The van der Waals surface area contributed by atoms with Crippen LogP contribution in [0.1, 0.15) is 31.9 Å². The van der Waals surface area contributed by atoms with Gasteiger partial charge >= 0.3 is 0 Å². The summed E-state index contributed by atoms with van der Waals surface area (Å²) in [5, 5.41) is 6.49. The van der Waals surface area contributed by atoms with E-state index in [0.717, 1.165) is 24.8 Å². The van der Waals surface area contributed by atoms with E-state index in [9.17, 15) is 0 Å². The van der Waals surface area contributed by atoms with Crippen molar-refractivity contribution in [3.05, 3.63) is 11.1 Å². The molecule has 1 fully saturated rings. The number of hydrogen-bond acceptors (Lipinski definition) is 4. The predicted octanol–water partition coefficient (Wildman–Crippen LogP) is 2.47. The summed E-state index contributed by atoms with van der Waals surface area (Å²) in [4.78, 5) is 4.56. The Labute approximate surface area is 88.5 Å². The highest BCUT2D eigenvalue weighted by Crippen LogP contribution is 2.28. The number of thiazole rings is 1. The van der Waals surface area contributed by atoms with E-state index in [1.54, 1.807) is 11.3 Å². The Morgan fingerprint density at radius 3 is 3.14 bits per heavy atom. The molecule has 1 N–H and O–H groups in total. The summed E-state index contributed by atoms with van der Waals surface area (Å²) in [6, 6.07) is 0.453. The topological polar surface area (TPSA) is 34.2 Å². The molecule has 78 valence electrons. The highest BCUT2D eigenvalue weighted by atomic mass is 32.1. The molecule has 1 saturated heterocycles. The van der Waals surface area contributed by atoms with E-state index < -0.39 is 0 Å². The molecule has 0 aromatic carbocycles. The van der Waals surface area contributed by atoms with Gasteiger partial charge in [-0.05, 0) is 20.3 Å². The first kappa shape index (κ1) is 9.93. The lowest BCUT2D eigenvalue weighted by atomic mass is 10.1. The lowest BCUT2D eigenvalue weighted by molar-refractivity contribution is 0.193. The number of hydrogen-bond donors (Lipinski definition) is 1. The molecule has 1 aliphatic heterocycles. The monoisotopic (exact) mass is 212 g/mol. The zero-order valence-corrected chi connectivity index (χ0v) is 9.43. The van der Waals surface area contributed by atoms with Crippen molar-refractivity contribution in [2.24, 2.45) is 0 Å². The van der Waals surface area contributed by atoms with Crippen LogP contribution in [0.5, 0.6) is 0 Å². The molecule has 0 amide bonds. The summed E-state index contributed by atoms with van der Waals surface area (Å²) in [7, 11) is 0. The molecule has 1 atom stereocenters. The van der Waals surface area contributed by atoms with E-state index in [2.05, 4.69) is 29.5 Å². The molecule has 0 aliphatic carbocycles. The fourth-order valence-electron chi connectivity index (χ4n) is 1.55. The largest absolute Gasteiger partial charge is 0.381 e. The van der Waals surface area contributed by atoms with Crippen LogP contribution in [0.15, 0.2) is 5.38 Å². The highest BCUT2D eigenvalue weighted by Gasteiger charge is 2.20. The predicted molar refractivity (Wildman–Crippen MR) is 59.0 cm³/mol. The summed E-state index contributed by atoms with van der Waals surface area (Å²) in [6.45, 7) is 5.97. The van der Waals surface area contributed by atoms with Crippen molar-refractivity contribution in [1.29, 1.82) is 0 Å². The Bertz CT molecular complexity index is 292. The van der Waals surface area contributed by atoms with Crippen LogP contribution in [0, 0.1) is 0 Å². The van der Waals surface area contributed by atoms with E-state index in [0.29, 0.717) is 12.0 Å². The van der Waals surface area contributed by atoms with E-state index in [-0.39, 0.29) is 0 Å². The summed E-state index contributed by atoms with van der Waals surface area (Å²) in [6.07, 6.45) is 1.12. The van der Waals surface area contributed by atoms with Crippen molar-refractivity contribution < 1.29 is 4.74 Å². The van der Waals surface area contributed by atoms with Gasteiger partial charge in [-0.1, -0.05) is 0 Å². The maximum Gasteiger partial charge on any atom is 0.183 e. The first-order valence-electron chi connectivity index (χ1n) is 5.05. The van der Waals surface area contributed by atoms with Crippen LogP contribution in [-0.2, 0) is 4.74 Å². The molecule has 1 aromatic rings. The van der Waals surface area contributed by atoms with Crippen molar-refractivity contribution in [3.8, 4) is 0 Å². The van der Waals surface area contributed by atoms with E-state index in [1.807, 2.05) is 0 Å². The molecule has 0 saturated carbocycles. The van der Waals surface area contributed by atoms with Gasteiger partial charge in [-0.3, -0.25) is 0 Å². The third-order valence-corrected chi connectivity index (χ3v) is 3.07. The zero-order chi connectivity index (χ0) is 9.97. The summed E-state index contributed by atoms with van der Waals surface area (Å²) < 4.78 is 5.35. The number of rotatable bonds is 3. The second-order valence-corrected chi connectivity index (χ2v) is 4.80. The molecule has 0 bridgehead atoms. The molecule has 0 radical (unpaired) electrons. The van der Waals surface area contributed by atoms with Crippen LogP contribution in [0.25, 0.3) is 0 Å². The maximum absolute atomic E-state index is 5.35. The third kappa shape index (κ3) is 2.25. The maximum atomic E-state index is 5.35. The molecule has 14 heavy (non-hydrogen) atoms. The number of nitrogens with one attached hydrogen (secondary N) is 1. The van der Waals surface area contributed by atoms with Crippen molar-refractivity contribution in [1.82, 2.24) is 4.98 Å². The Morgan fingerprint density at radius 2 is 2.50 bits per heavy atom. The van der Waals surface area contributed by atoms with E-state index in [1.165, 1.54) is 5.69 Å². The second kappa shape index (κ2) is 4.28. The Hall–Kier alpha value is -0.610. The minimum absolute atomic E-state index is 0.453. The molecule has 0 spiro atoms. The molecule has 2 rings (SSSR count). The average molecular weight is 212 g/mol. The number of anilines is 1. The van der Waals surface area contributed by atoms with Crippen LogP contribution in [0.4, 0.5) is 5.13 Å². The van der Waals surface area contributed by atoms with Crippen LogP contribution >= 0.6 is 11.3 Å². The average Bonchev–Trinajstić information content (AvgIpc) is 2.69. The summed E-state index contributed by atoms with van der Waals surface area (Å²) in [5.41, 5.74) is 1.19. The van der Waals surface area contributed by atoms with Crippen LogP contribution in [0.2, 0.25) is 0 Å². The van der Waals surface area contributed by atoms with Gasteiger partial charge in [-0.15, -0.1) is 11.3 Å². The van der Waals surface area contributed by atoms with Gasteiger partial charge in [-0.2, -0.15) is 0 Å². The zero-order valence-electron chi connectivity index (χ0n) is 8.62. The molecule has 2 heterocycles. The van der Waals surface area contributed by atoms with E-state index >= 15 is 0 Å². The van der Waals surface area contributed by atoms with Crippen LogP contribution < -0.4 is 5.32 Å². The number of ether oxygens (including phenoxy) is 1. The third-order valence-electron chi connectivity index (χ3n) is 2.28. The van der Waals surface area contributed by atoms with Crippen molar-refractivity contribution in [2.75, 3.05) is 18.5 Å². The SMILES string of the molecule is CC(C)Nc1nc(C2CCOC2)cs1. The molecule has 4 heteroatoms. The Kier molecular flexibility index (Phi) is 3.03. The normalized spacial score (nSPS) is 21.8. The molecular formula is C10H16N2OS. The van der Waals surface area contributed by atoms with Gasteiger partial charge in [0.25, 0.3) is 0 Å². The Balaban J connectivity index is 2.01. The second-order valence-electron chi connectivity index (χ2n) is 3.94. The lowest BCUT2D eigenvalue weighted by Gasteiger charge is -2.05. The molecule has 1 aliphatic rings. The van der Waals surface area contributed by atoms with Crippen molar-refractivity contribution in [3.63, 3.8) is 0 Å². The number of aromatic nitrogens is 1. The van der Waals surface area contributed by atoms with Gasteiger partial charge in [0.05, 0.1) is 12.3 Å². The van der Waals surface area contributed by atoms with Crippen LogP contribution in [0.3, 0.4) is 0 Å². The summed E-state index contributed by atoms with van der Waals surface area (Å²) >= 11 is 1.69. The fraction of sp³-hybridized carbons (Fsp3) is 0.700. The molecule has 1 aromatic heterocycles. The number of nitrogens with zero attached hydrogens (tertiary/aromatic N) is 1. The first-order valence-corrected chi connectivity index (χ1v) is 5.93. The van der Waals surface area contributed by atoms with Gasteiger partial charge in [0.15, 0.2) is 5.13 Å². The fourth-order valence-corrected chi connectivity index (χ4v) is 2.49. The minimum Gasteiger partial charge on any atom is -0.381 e. The first-order chi connectivity index (χ1) is 6.75. The van der Waals surface area contributed by atoms with Gasteiger partial charge in [0, 0.05) is 23.9 Å². The van der Waals surface area contributed by atoms with E-state index in [4.69, 9.17) is 4.74 Å². The Morgan fingerprint density at radius 1 is 1.64 bits per heavy atom. The smallest absolute Gasteiger partial charge is 0.183 e. The van der Waals surface area contributed by atoms with Gasteiger partial charge in [-0.25, -0.2) is 4.98 Å². The van der Waals surface area contributed by atoms with Crippen molar-refractivity contribution >= 4 is 16.5 Å². The highest BCUT2D eigenvalue weighted by molar-refractivity contribution is 7.13. The van der Waals surface area contributed by atoms with Gasteiger partial charge in [0.1, 0.15) is 0 Å². The van der Waals surface area contributed by atoms with Gasteiger partial charge in [0.2, 0.25) is 0 Å². The quantitative estimate of drug-likeness (QED) is 0.835. The molecular weight excluding hydrogens is 196 g/mol. The lowest BCUT2D eigenvalue weighted by Crippen LogP contribution is -2.09. The standard InChI is InChI=1S/C10H16N2OS/c1-7(2)11-10-12-9(6-14-10)8-3-4-13-5-8/h6-8H,3-5H2,1-2H3,(H,11,12). The minimum atomic E-state index is 0.453. The van der Waals surface area contributed by atoms with Gasteiger partial charge < -0.3 is 10.1 Å². The van der Waals surface area contributed by atoms with Crippen molar-refractivity contribution in [2.45, 2.75) is 32.2 Å². The summed E-state index contributed by atoms with van der Waals surface area (Å²) in [5.74, 6) is 0.522.